The fourth-order valence-corrected chi connectivity index (χ4v) is 2.36. The number of hydrogen-bond acceptors (Lipinski definition) is 4. The van der Waals surface area contributed by atoms with Crippen molar-refractivity contribution in [3.63, 3.8) is 0 Å². The number of thiazole rings is 1. The summed E-state index contributed by atoms with van der Waals surface area (Å²) >= 11 is 1.67. The maximum absolute atomic E-state index is 5.49. The van der Waals surface area contributed by atoms with Crippen LogP contribution in [0.3, 0.4) is 0 Å². The van der Waals surface area contributed by atoms with Crippen LogP contribution in [0.15, 0.2) is 15.9 Å². The molecule has 0 bridgehead atoms. The van der Waals surface area contributed by atoms with E-state index >= 15 is 0 Å². The molecule has 4 heteroatoms. The molecule has 0 aliphatic rings. The van der Waals surface area contributed by atoms with Gasteiger partial charge in [-0.2, -0.15) is 0 Å². The van der Waals surface area contributed by atoms with Crippen molar-refractivity contribution < 1.29 is 4.42 Å². The predicted octanol–water partition coefficient (Wildman–Crippen LogP) is 2.74. The fraction of sp³-hybridized carbons (Fsp3) is 0.364. The Hall–Kier alpha value is -1.13. The summed E-state index contributed by atoms with van der Waals surface area (Å²) in [7, 11) is 1.92. The molecular weight excluding hydrogens is 208 g/mol. The zero-order chi connectivity index (χ0) is 10.8. The lowest BCUT2D eigenvalue weighted by molar-refractivity contribution is 0.505. The van der Waals surface area contributed by atoms with Gasteiger partial charge < -0.3 is 9.73 Å². The van der Waals surface area contributed by atoms with Crippen LogP contribution in [0.1, 0.15) is 16.5 Å². The van der Waals surface area contributed by atoms with Crippen molar-refractivity contribution in [2.75, 3.05) is 7.05 Å². The molecule has 0 aliphatic heterocycles. The van der Waals surface area contributed by atoms with Crippen LogP contribution in [0.5, 0.6) is 0 Å². The molecule has 0 saturated carbocycles. The minimum Gasteiger partial charge on any atom is -0.466 e. The van der Waals surface area contributed by atoms with Crippen LogP contribution in [0, 0.1) is 13.8 Å². The van der Waals surface area contributed by atoms with Crippen LogP contribution in [0.2, 0.25) is 0 Å². The molecule has 2 rings (SSSR count). The van der Waals surface area contributed by atoms with Gasteiger partial charge in [-0.15, -0.1) is 11.3 Å². The van der Waals surface area contributed by atoms with E-state index in [0.29, 0.717) is 0 Å². The third-order valence-corrected chi connectivity index (χ3v) is 3.05. The van der Waals surface area contributed by atoms with Gasteiger partial charge in [-0.25, -0.2) is 4.98 Å². The summed E-state index contributed by atoms with van der Waals surface area (Å²) in [4.78, 5) is 4.54. The first-order chi connectivity index (χ1) is 7.20. The third kappa shape index (κ3) is 2.11. The second-order valence-electron chi connectivity index (χ2n) is 3.48. The molecule has 0 fully saturated rings. The van der Waals surface area contributed by atoms with Gasteiger partial charge in [-0.05, 0) is 27.0 Å². The number of nitrogens with zero attached hydrogens (tertiary/aromatic N) is 1. The molecule has 0 unspecified atom stereocenters. The van der Waals surface area contributed by atoms with Crippen molar-refractivity contribution in [1.82, 2.24) is 10.3 Å². The molecule has 0 saturated heterocycles. The highest BCUT2D eigenvalue weighted by atomic mass is 32.1. The van der Waals surface area contributed by atoms with E-state index in [1.54, 1.807) is 11.3 Å². The van der Waals surface area contributed by atoms with E-state index in [9.17, 15) is 0 Å². The van der Waals surface area contributed by atoms with Crippen molar-refractivity contribution in [1.29, 1.82) is 0 Å². The molecule has 80 valence electrons. The van der Waals surface area contributed by atoms with Crippen molar-refractivity contribution in [3.05, 3.63) is 28.0 Å². The van der Waals surface area contributed by atoms with Crippen LogP contribution in [0.25, 0.3) is 11.3 Å². The molecule has 1 N–H and O–H groups in total. The number of nitrogens with one attached hydrogen (secondary N) is 1. The average Bonchev–Trinajstić information content (AvgIpc) is 2.73. The Balaban J connectivity index is 2.32. The van der Waals surface area contributed by atoms with E-state index in [1.807, 2.05) is 27.0 Å². The van der Waals surface area contributed by atoms with Gasteiger partial charge in [0.25, 0.3) is 0 Å². The van der Waals surface area contributed by atoms with Crippen molar-refractivity contribution in [3.8, 4) is 11.3 Å². The van der Waals surface area contributed by atoms with E-state index < -0.39 is 0 Å². The van der Waals surface area contributed by atoms with Gasteiger partial charge in [0.15, 0.2) is 0 Å². The first kappa shape index (κ1) is 10.4. The quantitative estimate of drug-likeness (QED) is 0.867. The van der Waals surface area contributed by atoms with E-state index in [4.69, 9.17) is 4.42 Å². The number of furan rings is 1. The lowest BCUT2D eigenvalue weighted by Crippen LogP contribution is -2.04. The molecule has 0 atom stereocenters. The topological polar surface area (TPSA) is 38.1 Å². The van der Waals surface area contributed by atoms with Gasteiger partial charge in [0.05, 0.1) is 5.69 Å². The van der Waals surface area contributed by atoms with Crippen molar-refractivity contribution in [2.24, 2.45) is 0 Å². The zero-order valence-corrected chi connectivity index (χ0v) is 9.94. The molecule has 2 aromatic heterocycles. The van der Waals surface area contributed by atoms with Crippen LogP contribution in [-0.4, -0.2) is 12.0 Å². The lowest BCUT2D eigenvalue weighted by Gasteiger charge is -1.92. The number of hydrogen-bond donors (Lipinski definition) is 1. The second kappa shape index (κ2) is 4.16. The van der Waals surface area contributed by atoms with Crippen LogP contribution in [-0.2, 0) is 6.54 Å². The summed E-state index contributed by atoms with van der Waals surface area (Å²) < 4.78 is 5.49. The zero-order valence-electron chi connectivity index (χ0n) is 9.13. The Morgan fingerprint density at radius 2 is 2.27 bits per heavy atom. The van der Waals surface area contributed by atoms with Crippen LogP contribution in [0.4, 0.5) is 0 Å². The summed E-state index contributed by atoms with van der Waals surface area (Å²) in [6, 6.07) is 2.04. The molecule has 15 heavy (non-hydrogen) atoms. The summed E-state index contributed by atoms with van der Waals surface area (Å²) in [6.45, 7) is 4.75. The highest BCUT2D eigenvalue weighted by molar-refractivity contribution is 7.09. The maximum Gasteiger partial charge on any atom is 0.110 e. The van der Waals surface area contributed by atoms with Gasteiger partial charge >= 0.3 is 0 Å². The Morgan fingerprint density at radius 1 is 1.47 bits per heavy atom. The first-order valence-electron chi connectivity index (χ1n) is 4.87. The first-order valence-corrected chi connectivity index (χ1v) is 5.75. The Labute approximate surface area is 93.2 Å². The summed E-state index contributed by atoms with van der Waals surface area (Å²) in [6.07, 6.45) is 0. The number of aromatic nitrogens is 1. The van der Waals surface area contributed by atoms with Gasteiger partial charge in [0.1, 0.15) is 16.5 Å². The lowest BCUT2D eigenvalue weighted by atomic mass is 10.2. The minimum absolute atomic E-state index is 0.820. The average molecular weight is 222 g/mol. The van der Waals surface area contributed by atoms with Gasteiger partial charge in [-0.1, -0.05) is 0 Å². The monoisotopic (exact) mass is 222 g/mol. The molecule has 0 spiro atoms. The largest absolute Gasteiger partial charge is 0.466 e. The molecular formula is C11H14N2OS. The Morgan fingerprint density at radius 3 is 2.87 bits per heavy atom. The van der Waals surface area contributed by atoms with E-state index in [2.05, 4.69) is 15.7 Å². The highest BCUT2D eigenvalue weighted by Crippen LogP contribution is 2.27. The molecule has 2 aromatic rings. The van der Waals surface area contributed by atoms with Crippen LogP contribution < -0.4 is 5.32 Å². The summed E-state index contributed by atoms with van der Waals surface area (Å²) in [5, 5.41) is 6.27. The van der Waals surface area contributed by atoms with Gasteiger partial charge in [0, 0.05) is 17.5 Å². The molecule has 2 heterocycles. The van der Waals surface area contributed by atoms with E-state index in [-0.39, 0.29) is 0 Å². The molecule has 0 radical (unpaired) electrons. The number of aryl methyl sites for hydroxylation is 2. The molecule has 3 nitrogen and oxygen atoms in total. The standard InChI is InChI=1S/C11H14N2OS/c1-7-4-9(8(2)14-7)10-6-15-11(13-10)5-12-3/h4,6,12H,5H2,1-3H3. The highest BCUT2D eigenvalue weighted by Gasteiger charge is 2.10. The molecule has 0 aromatic carbocycles. The SMILES string of the molecule is CNCc1nc(-c2cc(C)oc2C)cs1. The minimum atomic E-state index is 0.820. The third-order valence-electron chi connectivity index (χ3n) is 2.20. The molecule has 0 amide bonds. The van der Waals surface area contributed by atoms with E-state index in [0.717, 1.165) is 34.3 Å². The predicted molar refractivity (Wildman–Crippen MR) is 62.1 cm³/mol. The fourth-order valence-electron chi connectivity index (χ4n) is 1.55. The van der Waals surface area contributed by atoms with Crippen molar-refractivity contribution in [2.45, 2.75) is 20.4 Å². The smallest absolute Gasteiger partial charge is 0.110 e. The maximum atomic E-state index is 5.49. The summed E-state index contributed by atoms with van der Waals surface area (Å²) in [5.74, 6) is 1.87. The van der Waals surface area contributed by atoms with Gasteiger partial charge in [0.2, 0.25) is 0 Å². The Kier molecular flexibility index (Phi) is 2.88. The van der Waals surface area contributed by atoms with E-state index in [1.165, 1.54) is 0 Å². The van der Waals surface area contributed by atoms with Crippen LogP contribution >= 0.6 is 11.3 Å². The Bertz CT molecular complexity index is 459. The van der Waals surface area contributed by atoms with Crippen molar-refractivity contribution >= 4 is 11.3 Å². The summed E-state index contributed by atoms with van der Waals surface area (Å²) in [5.41, 5.74) is 2.12. The second-order valence-corrected chi connectivity index (χ2v) is 4.43. The molecule has 0 aliphatic carbocycles. The number of rotatable bonds is 3. The van der Waals surface area contributed by atoms with Gasteiger partial charge in [-0.3, -0.25) is 0 Å². The normalized spacial score (nSPS) is 10.9.